The van der Waals surface area contributed by atoms with Crippen molar-refractivity contribution in [3.8, 4) is 11.3 Å². The fraction of sp³-hybridized carbons (Fsp3) is 0.367. The first-order chi connectivity index (χ1) is 19.8. The highest BCUT2D eigenvalue weighted by atomic mass is 19.1. The summed E-state index contributed by atoms with van der Waals surface area (Å²) in [6, 6.07) is 7.95. The monoisotopic (exact) mass is 577 g/mol. The Kier molecular flexibility index (Phi) is 7.67. The van der Waals surface area contributed by atoms with Crippen LogP contribution in [-0.4, -0.2) is 67.8 Å². The van der Waals surface area contributed by atoms with E-state index in [4.69, 9.17) is 4.74 Å². The number of fused-ring (bicyclic) bond motifs is 1. The molecule has 1 aliphatic rings. The van der Waals surface area contributed by atoms with E-state index in [1.165, 1.54) is 6.20 Å². The first-order valence-corrected chi connectivity index (χ1v) is 13.6. The van der Waals surface area contributed by atoms with Crippen LogP contribution in [0.3, 0.4) is 0 Å². The lowest BCUT2D eigenvalue weighted by Gasteiger charge is -2.36. The zero-order valence-corrected chi connectivity index (χ0v) is 24.2. The number of aliphatic hydroxyl groups is 1. The summed E-state index contributed by atoms with van der Waals surface area (Å²) in [4.78, 5) is 33.0. The van der Waals surface area contributed by atoms with Crippen molar-refractivity contribution in [2.45, 2.75) is 45.8 Å². The summed E-state index contributed by atoms with van der Waals surface area (Å²) in [6.07, 6.45) is 3.80. The molecule has 0 unspecified atom stereocenters. The lowest BCUT2D eigenvalue weighted by molar-refractivity contribution is 0.0240. The quantitative estimate of drug-likeness (QED) is 0.322. The number of carbonyl (C=O) groups excluding carboxylic acids is 1. The topological polar surface area (TPSA) is 117 Å². The van der Waals surface area contributed by atoms with Crippen molar-refractivity contribution < 1.29 is 23.4 Å². The third-order valence-corrected chi connectivity index (χ3v) is 6.76. The third-order valence-electron chi connectivity index (χ3n) is 6.76. The number of nitrogens with one attached hydrogen (secondary N) is 1. The molecule has 10 nitrogen and oxygen atoms in total. The van der Waals surface area contributed by atoms with Crippen LogP contribution in [0.15, 0.2) is 48.9 Å². The summed E-state index contributed by atoms with van der Waals surface area (Å²) in [5, 5.41) is 13.9. The average Bonchev–Trinajstić information content (AvgIpc) is 2.93. The number of nitrogens with zero attached hydrogens (tertiary/aromatic N) is 6. The number of carbonyl (C=O) groups is 1. The molecule has 0 spiro atoms. The zero-order chi connectivity index (χ0) is 30.2. The summed E-state index contributed by atoms with van der Waals surface area (Å²) in [6.45, 7) is 11.0. The molecule has 220 valence electrons. The number of pyridine rings is 2. The number of halogens is 2. The molecule has 0 radical (unpaired) electrons. The molecule has 4 heterocycles. The molecule has 2 N–H and O–H groups in total. The van der Waals surface area contributed by atoms with E-state index in [-0.39, 0.29) is 28.8 Å². The Hall–Kier alpha value is -4.45. The first-order valence-electron chi connectivity index (χ1n) is 13.6. The van der Waals surface area contributed by atoms with Crippen molar-refractivity contribution in [2.75, 3.05) is 36.4 Å². The molecule has 3 aromatic heterocycles. The fourth-order valence-electron chi connectivity index (χ4n) is 4.75. The van der Waals surface area contributed by atoms with E-state index in [0.717, 1.165) is 18.0 Å². The highest BCUT2D eigenvalue weighted by Gasteiger charge is 2.26. The van der Waals surface area contributed by atoms with Crippen LogP contribution >= 0.6 is 0 Å². The molecule has 0 atom stereocenters. The van der Waals surface area contributed by atoms with E-state index in [2.05, 4.69) is 30.2 Å². The van der Waals surface area contributed by atoms with Gasteiger partial charge >= 0.3 is 6.09 Å². The Bertz CT molecular complexity index is 1610. The van der Waals surface area contributed by atoms with Gasteiger partial charge in [-0.05, 0) is 70.5 Å². The highest BCUT2D eigenvalue weighted by Crippen LogP contribution is 2.33. The van der Waals surface area contributed by atoms with Gasteiger partial charge in [-0.1, -0.05) is 0 Å². The Morgan fingerprint density at radius 3 is 2.33 bits per heavy atom. The van der Waals surface area contributed by atoms with E-state index < -0.39 is 22.8 Å². The van der Waals surface area contributed by atoms with Crippen molar-refractivity contribution in [3.05, 3.63) is 66.1 Å². The highest BCUT2D eigenvalue weighted by molar-refractivity contribution is 5.88. The zero-order valence-electron chi connectivity index (χ0n) is 24.2. The van der Waals surface area contributed by atoms with Gasteiger partial charge in [0.1, 0.15) is 28.4 Å². The molecule has 1 fully saturated rings. The van der Waals surface area contributed by atoms with Gasteiger partial charge in [0.15, 0.2) is 5.82 Å². The fourth-order valence-corrected chi connectivity index (χ4v) is 4.75. The predicted octanol–water partition coefficient (Wildman–Crippen LogP) is 5.39. The van der Waals surface area contributed by atoms with Crippen LogP contribution in [0.25, 0.3) is 22.2 Å². The molecule has 0 bridgehead atoms. The molecule has 0 aliphatic carbocycles. The molecule has 1 saturated heterocycles. The molecular formula is C30H33F2N7O3. The van der Waals surface area contributed by atoms with Gasteiger partial charge in [0.25, 0.3) is 0 Å². The van der Waals surface area contributed by atoms with Crippen LogP contribution in [0.5, 0.6) is 0 Å². The van der Waals surface area contributed by atoms with Gasteiger partial charge in [-0.25, -0.2) is 28.5 Å². The van der Waals surface area contributed by atoms with Crippen LogP contribution in [-0.2, 0) is 10.3 Å². The van der Waals surface area contributed by atoms with Gasteiger partial charge < -0.3 is 25.0 Å². The van der Waals surface area contributed by atoms with E-state index in [1.807, 2.05) is 26.8 Å². The molecule has 42 heavy (non-hydrogen) atoms. The summed E-state index contributed by atoms with van der Waals surface area (Å²) >= 11 is 0. The minimum absolute atomic E-state index is 0.0710. The molecule has 1 amide bonds. The minimum atomic E-state index is -1.27. The number of aromatic nitrogens is 4. The molecule has 5 rings (SSSR count). The lowest BCUT2D eigenvalue weighted by Crippen LogP contribution is -2.50. The minimum Gasteiger partial charge on any atom is -0.444 e. The predicted molar refractivity (Wildman–Crippen MR) is 155 cm³/mol. The van der Waals surface area contributed by atoms with Crippen molar-refractivity contribution in [1.82, 2.24) is 24.8 Å². The van der Waals surface area contributed by atoms with Crippen molar-refractivity contribution >= 4 is 34.4 Å². The standard InChI is InChI=1S/C30H33F2N7O3/c1-29(2,3)42-28(40)39-12-10-38(11-13-39)19-6-7-24(34-16-19)36-27-35-17-23(32)25(37-27)18-14-20-21(30(4,5)41)8-9-33-26(20)22(31)15-18/h6-9,14-17,41H,10-13H2,1-5H3,(H,34,35,36,37). The second-order valence-electron chi connectivity index (χ2n) is 11.6. The second kappa shape index (κ2) is 11.1. The maximum atomic E-state index is 15.0. The molecular weight excluding hydrogens is 544 g/mol. The maximum absolute atomic E-state index is 15.0. The summed E-state index contributed by atoms with van der Waals surface area (Å²) in [7, 11) is 0. The van der Waals surface area contributed by atoms with Crippen LogP contribution in [0.4, 0.5) is 31.0 Å². The molecule has 4 aromatic rings. The third kappa shape index (κ3) is 6.38. The van der Waals surface area contributed by atoms with Gasteiger partial charge in [0.2, 0.25) is 5.95 Å². The van der Waals surface area contributed by atoms with Crippen LogP contribution in [0.2, 0.25) is 0 Å². The number of rotatable bonds is 5. The Labute approximate surface area is 242 Å². The number of ether oxygens (including phenoxy) is 1. The Morgan fingerprint density at radius 1 is 0.952 bits per heavy atom. The SMILES string of the molecule is CC(C)(C)OC(=O)N1CCN(c2ccc(Nc3ncc(F)c(-c4cc(F)c5nccc(C(C)(C)O)c5c4)n3)nc2)CC1. The molecule has 0 saturated carbocycles. The molecule has 12 heteroatoms. The average molecular weight is 578 g/mol. The van der Waals surface area contributed by atoms with Crippen molar-refractivity contribution in [1.29, 1.82) is 0 Å². The number of amides is 1. The van der Waals surface area contributed by atoms with E-state index in [9.17, 15) is 14.3 Å². The number of hydrogen-bond donors (Lipinski definition) is 2. The number of anilines is 3. The smallest absolute Gasteiger partial charge is 0.410 e. The Morgan fingerprint density at radius 2 is 1.69 bits per heavy atom. The van der Waals surface area contributed by atoms with Crippen LogP contribution < -0.4 is 10.2 Å². The first kappa shape index (κ1) is 29.1. The van der Waals surface area contributed by atoms with E-state index >= 15 is 4.39 Å². The Balaban J connectivity index is 1.31. The number of hydrogen-bond acceptors (Lipinski definition) is 9. The van der Waals surface area contributed by atoms with Gasteiger partial charge in [0, 0.05) is 43.3 Å². The van der Waals surface area contributed by atoms with E-state index in [0.29, 0.717) is 42.9 Å². The maximum Gasteiger partial charge on any atom is 0.410 e. The summed E-state index contributed by atoms with van der Waals surface area (Å²) in [5.41, 5.74) is -0.341. The van der Waals surface area contributed by atoms with Gasteiger partial charge in [-0.15, -0.1) is 0 Å². The number of benzene rings is 1. The van der Waals surface area contributed by atoms with Crippen LogP contribution in [0.1, 0.15) is 40.2 Å². The van der Waals surface area contributed by atoms with E-state index in [1.54, 1.807) is 43.1 Å². The van der Waals surface area contributed by atoms with Gasteiger partial charge in [0.05, 0.1) is 23.7 Å². The summed E-state index contributed by atoms with van der Waals surface area (Å²) < 4.78 is 35.4. The lowest BCUT2D eigenvalue weighted by atomic mass is 9.93. The van der Waals surface area contributed by atoms with Gasteiger partial charge in [-0.2, -0.15) is 0 Å². The number of piperazine rings is 1. The molecule has 1 aliphatic heterocycles. The van der Waals surface area contributed by atoms with Gasteiger partial charge in [-0.3, -0.25) is 4.98 Å². The summed E-state index contributed by atoms with van der Waals surface area (Å²) in [5.74, 6) is -0.888. The van der Waals surface area contributed by atoms with Crippen molar-refractivity contribution in [3.63, 3.8) is 0 Å². The largest absolute Gasteiger partial charge is 0.444 e. The molecule has 1 aromatic carbocycles. The van der Waals surface area contributed by atoms with Crippen molar-refractivity contribution in [2.24, 2.45) is 0 Å². The second-order valence-corrected chi connectivity index (χ2v) is 11.6. The normalized spacial score (nSPS) is 14.3. The van der Waals surface area contributed by atoms with Crippen LogP contribution in [0, 0.1) is 11.6 Å².